The van der Waals surface area contributed by atoms with E-state index >= 15 is 0 Å². The lowest BCUT2D eigenvalue weighted by atomic mass is 10.1. The molecule has 2 aromatic carbocycles. The van der Waals surface area contributed by atoms with Crippen molar-refractivity contribution in [3.8, 4) is 34.3 Å². The van der Waals surface area contributed by atoms with Crippen molar-refractivity contribution in [2.24, 2.45) is 5.10 Å². The number of methoxy groups -OCH3 is 3. The van der Waals surface area contributed by atoms with Crippen molar-refractivity contribution in [2.45, 2.75) is 0 Å². The molecule has 0 bridgehead atoms. The number of nitro benzene ring substituents is 1. The summed E-state index contributed by atoms with van der Waals surface area (Å²) in [6.45, 7) is 0. The lowest BCUT2D eigenvalue weighted by Gasteiger charge is -2.12. The zero-order chi connectivity index (χ0) is 26.5. The molecule has 0 saturated heterocycles. The first-order chi connectivity index (χ1) is 17.9. The molecule has 0 unspecified atom stereocenters. The normalized spacial score (nSPS) is 10.9. The van der Waals surface area contributed by atoms with Gasteiger partial charge in [-0.1, -0.05) is 5.21 Å². The maximum absolute atomic E-state index is 13.1. The fraction of sp³-hybridized carbons (Fsp3) is 0.143. The van der Waals surface area contributed by atoms with E-state index in [9.17, 15) is 14.9 Å². The third kappa shape index (κ3) is 4.83. The Labute approximate surface area is 207 Å². The van der Waals surface area contributed by atoms with Crippen molar-refractivity contribution in [3.05, 3.63) is 57.8 Å². The summed E-state index contributed by atoms with van der Waals surface area (Å²) in [7, 11) is 4.42. The summed E-state index contributed by atoms with van der Waals surface area (Å²) in [5.41, 5.74) is 8.73. The van der Waals surface area contributed by atoms with E-state index in [1.54, 1.807) is 12.1 Å². The van der Waals surface area contributed by atoms with E-state index in [1.807, 2.05) is 0 Å². The molecule has 4 aromatic rings. The first-order valence-electron chi connectivity index (χ1n) is 10.3. The van der Waals surface area contributed by atoms with Crippen molar-refractivity contribution in [2.75, 3.05) is 27.1 Å². The summed E-state index contributed by atoms with van der Waals surface area (Å²) in [5.74, 6) is 0.382. The number of carbonyl (C=O) groups is 1. The predicted molar refractivity (Wildman–Crippen MR) is 127 cm³/mol. The summed E-state index contributed by atoms with van der Waals surface area (Å²) < 4.78 is 21.7. The van der Waals surface area contributed by atoms with E-state index in [4.69, 9.17) is 19.9 Å². The van der Waals surface area contributed by atoms with Crippen LogP contribution in [0.1, 0.15) is 16.1 Å². The van der Waals surface area contributed by atoms with Crippen LogP contribution in [0.25, 0.3) is 17.1 Å². The standard InChI is InChI=1S/C21H19N9O7/c1-34-13-8-15(35-2)14(16(9-13)36-3)10-23-25-21(31)17-18(11-4-6-12(7-5-11)30(32)33)29(28-24-17)20-19(22)26-37-27-20/h4-10H,1-3H3,(H2,22,26)(H,25,31)/b23-10-. The van der Waals surface area contributed by atoms with Gasteiger partial charge in [-0.05, 0) is 22.4 Å². The molecule has 0 aliphatic carbocycles. The molecule has 2 aromatic heterocycles. The number of hydrogen-bond donors (Lipinski definition) is 2. The average molecular weight is 509 g/mol. The number of nitrogens with zero attached hydrogens (tertiary/aromatic N) is 7. The van der Waals surface area contributed by atoms with Crippen LogP contribution in [0.3, 0.4) is 0 Å². The largest absolute Gasteiger partial charge is 0.496 e. The van der Waals surface area contributed by atoms with Gasteiger partial charge in [0.05, 0.1) is 38.0 Å². The number of anilines is 1. The van der Waals surface area contributed by atoms with Crippen LogP contribution in [0.15, 0.2) is 46.1 Å². The number of nitrogens with one attached hydrogen (secondary N) is 1. The Morgan fingerprint density at radius 2 is 1.81 bits per heavy atom. The Morgan fingerprint density at radius 3 is 2.35 bits per heavy atom. The molecule has 0 radical (unpaired) electrons. The molecule has 37 heavy (non-hydrogen) atoms. The number of nitro groups is 1. The Balaban J connectivity index is 1.70. The maximum Gasteiger partial charge on any atom is 0.294 e. The van der Waals surface area contributed by atoms with E-state index < -0.39 is 10.8 Å². The van der Waals surface area contributed by atoms with Crippen LogP contribution < -0.4 is 25.4 Å². The van der Waals surface area contributed by atoms with E-state index in [2.05, 4.69) is 35.8 Å². The molecular formula is C21H19N9O7. The third-order valence-corrected chi connectivity index (χ3v) is 5.05. The Bertz CT molecular complexity index is 1450. The van der Waals surface area contributed by atoms with Gasteiger partial charge in [0.2, 0.25) is 11.6 Å². The number of aromatic nitrogens is 5. The summed E-state index contributed by atoms with van der Waals surface area (Å²) in [6.07, 6.45) is 1.32. The minimum Gasteiger partial charge on any atom is -0.496 e. The van der Waals surface area contributed by atoms with Gasteiger partial charge in [-0.25, -0.2) is 10.1 Å². The number of carbonyl (C=O) groups excluding carboxylic acids is 1. The molecule has 0 aliphatic heterocycles. The van der Waals surface area contributed by atoms with Crippen LogP contribution in [0, 0.1) is 10.1 Å². The number of hydrogen-bond acceptors (Lipinski definition) is 13. The minimum atomic E-state index is -0.752. The molecular weight excluding hydrogens is 490 g/mol. The highest BCUT2D eigenvalue weighted by atomic mass is 16.6. The number of benzene rings is 2. The smallest absolute Gasteiger partial charge is 0.294 e. The highest BCUT2D eigenvalue weighted by Crippen LogP contribution is 2.33. The third-order valence-electron chi connectivity index (χ3n) is 5.05. The van der Waals surface area contributed by atoms with Gasteiger partial charge in [-0.2, -0.15) is 9.78 Å². The number of nitrogen functional groups attached to an aromatic ring is 1. The molecule has 3 N–H and O–H groups in total. The number of non-ortho nitro benzene ring substituents is 1. The molecule has 2 heterocycles. The Hall–Kier alpha value is -5.54. The molecule has 16 heteroatoms. The monoisotopic (exact) mass is 509 g/mol. The fourth-order valence-corrected chi connectivity index (χ4v) is 3.29. The second kappa shape index (κ2) is 10.4. The summed E-state index contributed by atoms with van der Waals surface area (Å²) in [4.78, 5) is 23.6. The van der Waals surface area contributed by atoms with Gasteiger partial charge < -0.3 is 19.9 Å². The molecule has 0 fully saturated rings. The fourth-order valence-electron chi connectivity index (χ4n) is 3.29. The van der Waals surface area contributed by atoms with Gasteiger partial charge in [0.15, 0.2) is 5.69 Å². The average Bonchev–Trinajstić information content (AvgIpc) is 3.54. The van der Waals surface area contributed by atoms with Crippen molar-refractivity contribution in [3.63, 3.8) is 0 Å². The first kappa shape index (κ1) is 24.6. The number of rotatable bonds is 9. The number of nitrogens with two attached hydrogens (primary N) is 1. The molecule has 0 saturated carbocycles. The second-order valence-electron chi connectivity index (χ2n) is 7.12. The van der Waals surface area contributed by atoms with Crippen LogP contribution >= 0.6 is 0 Å². The van der Waals surface area contributed by atoms with Gasteiger partial charge >= 0.3 is 0 Å². The molecule has 0 aliphatic rings. The minimum absolute atomic E-state index is 0.0314. The lowest BCUT2D eigenvalue weighted by Crippen LogP contribution is -2.19. The number of hydrazone groups is 1. The van der Waals surface area contributed by atoms with Crippen LogP contribution in [0.5, 0.6) is 17.2 Å². The number of ether oxygens (including phenoxy) is 3. The van der Waals surface area contributed by atoms with Crippen LogP contribution in [-0.4, -0.2) is 63.7 Å². The molecule has 16 nitrogen and oxygen atoms in total. The van der Waals surface area contributed by atoms with E-state index in [0.29, 0.717) is 28.4 Å². The molecule has 0 atom stereocenters. The molecule has 4 rings (SSSR count). The summed E-state index contributed by atoms with van der Waals surface area (Å²) >= 11 is 0. The molecule has 0 spiro atoms. The second-order valence-corrected chi connectivity index (χ2v) is 7.12. The van der Waals surface area contributed by atoms with E-state index in [-0.39, 0.29) is 28.7 Å². The van der Waals surface area contributed by atoms with Gasteiger partial charge in [0.1, 0.15) is 22.9 Å². The van der Waals surface area contributed by atoms with Gasteiger partial charge in [-0.3, -0.25) is 14.9 Å². The van der Waals surface area contributed by atoms with Crippen molar-refractivity contribution >= 4 is 23.6 Å². The van der Waals surface area contributed by atoms with Gasteiger partial charge in [-0.15, -0.1) is 5.10 Å². The first-order valence-corrected chi connectivity index (χ1v) is 10.3. The molecule has 1 amide bonds. The number of amides is 1. The van der Waals surface area contributed by atoms with E-state index in [0.717, 1.165) is 4.68 Å². The Kier molecular flexibility index (Phi) is 6.90. The van der Waals surface area contributed by atoms with Crippen LogP contribution in [-0.2, 0) is 0 Å². The van der Waals surface area contributed by atoms with Crippen LogP contribution in [0.2, 0.25) is 0 Å². The summed E-state index contributed by atoms with van der Waals surface area (Å²) in [6, 6.07) is 8.62. The highest BCUT2D eigenvalue weighted by molar-refractivity contribution is 5.99. The van der Waals surface area contributed by atoms with Crippen molar-refractivity contribution in [1.82, 2.24) is 30.7 Å². The lowest BCUT2D eigenvalue weighted by molar-refractivity contribution is -0.384. The predicted octanol–water partition coefficient (Wildman–Crippen LogP) is 1.60. The molecule has 190 valence electrons. The van der Waals surface area contributed by atoms with Gasteiger partial charge in [0.25, 0.3) is 11.6 Å². The maximum atomic E-state index is 13.1. The van der Waals surface area contributed by atoms with Crippen molar-refractivity contribution in [1.29, 1.82) is 0 Å². The van der Waals surface area contributed by atoms with Crippen LogP contribution in [0.4, 0.5) is 11.5 Å². The Morgan fingerprint density at radius 1 is 1.14 bits per heavy atom. The zero-order valence-corrected chi connectivity index (χ0v) is 19.6. The topological polar surface area (TPSA) is 208 Å². The highest BCUT2D eigenvalue weighted by Gasteiger charge is 2.25. The van der Waals surface area contributed by atoms with Gasteiger partial charge in [0, 0.05) is 29.8 Å². The summed E-state index contributed by atoms with van der Waals surface area (Å²) in [5, 5.41) is 30.1. The zero-order valence-electron chi connectivity index (χ0n) is 19.6. The quantitative estimate of drug-likeness (QED) is 0.187. The SMILES string of the molecule is COc1cc(OC)c(/C=N\NC(=O)c2nnn(-c3nonc3N)c2-c2ccc([N+](=O)[O-])cc2)c(OC)c1. The van der Waals surface area contributed by atoms with Crippen molar-refractivity contribution < 1.29 is 28.6 Å². The van der Waals surface area contributed by atoms with E-state index in [1.165, 1.54) is 51.8 Å².